The Kier molecular flexibility index (Phi) is 6.11. The molecule has 1 heterocycles. The lowest BCUT2D eigenvalue weighted by atomic mass is 10.1. The Hall–Kier alpha value is -2.71. The summed E-state index contributed by atoms with van der Waals surface area (Å²) in [6.07, 6.45) is 1.69. The van der Waals surface area contributed by atoms with Gasteiger partial charge in [0.1, 0.15) is 18.0 Å². The van der Waals surface area contributed by atoms with Crippen molar-refractivity contribution >= 4 is 56.9 Å². The van der Waals surface area contributed by atoms with E-state index in [0.717, 1.165) is 10.0 Å². The number of thiocarbonyl (C=S) groups is 1. The summed E-state index contributed by atoms with van der Waals surface area (Å²) < 4.78 is 10.7. The van der Waals surface area contributed by atoms with Crippen molar-refractivity contribution < 1.29 is 19.1 Å². The van der Waals surface area contributed by atoms with Crippen LogP contribution in [0, 0.1) is 0 Å². The molecule has 144 valence electrons. The first-order valence-electron chi connectivity index (χ1n) is 8.29. The van der Waals surface area contributed by atoms with E-state index < -0.39 is 5.97 Å². The Morgan fingerprint density at radius 2 is 1.89 bits per heavy atom. The molecule has 1 amide bonds. The van der Waals surface area contributed by atoms with Gasteiger partial charge in [-0.1, -0.05) is 24.3 Å². The second-order valence-corrected chi connectivity index (χ2v) is 7.06. The average Bonchev–Trinajstić information content (AvgIpc) is 2.92. The normalized spacial score (nSPS) is 15.3. The van der Waals surface area contributed by atoms with Gasteiger partial charge in [0.15, 0.2) is 5.11 Å². The van der Waals surface area contributed by atoms with E-state index in [0.29, 0.717) is 11.4 Å². The highest BCUT2D eigenvalue weighted by Gasteiger charge is 2.40. The fraction of sp³-hybridized carbons (Fsp3) is 0.150. The lowest BCUT2D eigenvalue weighted by molar-refractivity contribution is -0.140. The van der Waals surface area contributed by atoms with Crippen molar-refractivity contribution in [1.29, 1.82) is 0 Å². The van der Waals surface area contributed by atoms with Crippen molar-refractivity contribution in [2.24, 2.45) is 0 Å². The number of amides is 1. The van der Waals surface area contributed by atoms with E-state index in [4.69, 9.17) is 21.7 Å². The molecule has 1 aliphatic rings. The van der Waals surface area contributed by atoms with E-state index in [2.05, 4.69) is 15.9 Å². The predicted molar refractivity (Wildman–Crippen MR) is 114 cm³/mol. The van der Waals surface area contributed by atoms with Crippen molar-refractivity contribution in [1.82, 2.24) is 4.90 Å². The van der Waals surface area contributed by atoms with E-state index in [1.807, 2.05) is 30.3 Å². The number of rotatable bonds is 5. The van der Waals surface area contributed by atoms with Crippen molar-refractivity contribution in [3.8, 4) is 5.75 Å². The molecule has 1 saturated heterocycles. The number of para-hydroxylation sites is 1. The molecule has 1 fully saturated rings. The van der Waals surface area contributed by atoms with Crippen LogP contribution in [0.15, 0.2) is 58.7 Å². The fourth-order valence-electron chi connectivity index (χ4n) is 2.76. The maximum absolute atomic E-state index is 13.1. The van der Waals surface area contributed by atoms with Crippen molar-refractivity contribution in [2.45, 2.75) is 0 Å². The smallest absolute Gasteiger partial charge is 0.325 e. The standard InChI is InChI=1S/C20H17BrN2O4S/c1-26-17-9-8-13(10-15(17)21)11-16-19(25)23(14-6-4-3-5-7-14)20(28)22(16)12-18(24)27-2/h3-11H,12H2,1-2H3. The summed E-state index contributed by atoms with van der Waals surface area (Å²) in [6, 6.07) is 14.5. The number of carbonyl (C=O) groups excluding carboxylic acids is 2. The highest BCUT2D eigenvalue weighted by molar-refractivity contribution is 9.10. The summed E-state index contributed by atoms with van der Waals surface area (Å²) in [4.78, 5) is 27.9. The summed E-state index contributed by atoms with van der Waals surface area (Å²) in [5, 5.41) is 0.223. The molecule has 3 rings (SSSR count). The molecule has 0 N–H and O–H groups in total. The Bertz CT molecular complexity index is 962. The zero-order valence-electron chi connectivity index (χ0n) is 15.2. The van der Waals surface area contributed by atoms with Crippen LogP contribution in [0.25, 0.3) is 6.08 Å². The van der Waals surface area contributed by atoms with Gasteiger partial charge in [-0.25, -0.2) is 0 Å². The SMILES string of the molecule is COC(=O)CN1C(=S)N(c2ccccc2)C(=O)C1=Cc1ccc(OC)c(Br)c1. The highest BCUT2D eigenvalue weighted by atomic mass is 79.9. The number of benzene rings is 2. The molecule has 0 aromatic heterocycles. The molecule has 6 nitrogen and oxygen atoms in total. The molecule has 0 unspecified atom stereocenters. The largest absolute Gasteiger partial charge is 0.496 e. The number of ether oxygens (including phenoxy) is 2. The van der Waals surface area contributed by atoms with E-state index in [1.165, 1.54) is 16.9 Å². The topological polar surface area (TPSA) is 59.1 Å². The molecule has 2 aromatic rings. The predicted octanol–water partition coefficient (Wildman–Crippen LogP) is 3.61. The third-order valence-electron chi connectivity index (χ3n) is 4.14. The number of anilines is 1. The van der Waals surface area contributed by atoms with Gasteiger partial charge in [-0.05, 0) is 64.1 Å². The number of hydrogen-bond donors (Lipinski definition) is 0. The minimum atomic E-state index is -0.494. The van der Waals surface area contributed by atoms with Gasteiger partial charge in [0.25, 0.3) is 5.91 Å². The zero-order valence-corrected chi connectivity index (χ0v) is 17.6. The third kappa shape index (κ3) is 3.93. The van der Waals surface area contributed by atoms with Gasteiger partial charge in [-0.2, -0.15) is 0 Å². The van der Waals surface area contributed by atoms with E-state index >= 15 is 0 Å². The van der Waals surface area contributed by atoms with Crippen LogP contribution in [0.4, 0.5) is 5.69 Å². The molecule has 0 aliphatic carbocycles. The summed E-state index contributed by atoms with van der Waals surface area (Å²) in [7, 11) is 2.87. The molecule has 8 heteroatoms. The van der Waals surface area contributed by atoms with Crippen LogP contribution in [0.1, 0.15) is 5.56 Å². The van der Waals surface area contributed by atoms with Crippen LogP contribution in [0.5, 0.6) is 5.75 Å². The minimum absolute atomic E-state index is 0.159. The third-order valence-corrected chi connectivity index (χ3v) is 5.17. The maximum atomic E-state index is 13.1. The van der Waals surface area contributed by atoms with Gasteiger partial charge < -0.3 is 14.4 Å². The molecule has 0 bridgehead atoms. The summed E-state index contributed by atoms with van der Waals surface area (Å²) in [5.41, 5.74) is 1.67. The highest BCUT2D eigenvalue weighted by Crippen LogP contribution is 2.31. The molecule has 1 aliphatic heterocycles. The van der Waals surface area contributed by atoms with E-state index in [9.17, 15) is 9.59 Å². The first-order valence-corrected chi connectivity index (χ1v) is 9.49. The van der Waals surface area contributed by atoms with Crippen molar-refractivity contribution in [3.63, 3.8) is 0 Å². The summed E-state index contributed by atoms with van der Waals surface area (Å²) in [6.45, 7) is -0.159. The molecular weight excluding hydrogens is 444 g/mol. The van der Waals surface area contributed by atoms with Crippen molar-refractivity contribution in [3.05, 3.63) is 64.3 Å². The number of carbonyl (C=O) groups is 2. The maximum Gasteiger partial charge on any atom is 0.325 e. The van der Waals surface area contributed by atoms with E-state index in [1.54, 1.807) is 31.4 Å². The van der Waals surface area contributed by atoms with Gasteiger partial charge in [0.05, 0.1) is 24.4 Å². The molecule has 2 aromatic carbocycles. The van der Waals surface area contributed by atoms with Gasteiger partial charge >= 0.3 is 5.97 Å². The lowest BCUT2D eigenvalue weighted by Crippen LogP contribution is -2.35. The molecule has 28 heavy (non-hydrogen) atoms. The molecule has 0 atom stereocenters. The van der Waals surface area contributed by atoms with Crippen LogP contribution >= 0.6 is 28.1 Å². The van der Waals surface area contributed by atoms with Crippen LogP contribution in [-0.2, 0) is 14.3 Å². The van der Waals surface area contributed by atoms with Gasteiger partial charge in [0, 0.05) is 0 Å². The number of esters is 1. The van der Waals surface area contributed by atoms with Crippen molar-refractivity contribution in [2.75, 3.05) is 25.7 Å². The molecule has 0 saturated carbocycles. The summed E-state index contributed by atoms with van der Waals surface area (Å²) >= 11 is 8.93. The first-order chi connectivity index (χ1) is 13.5. The monoisotopic (exact) mass is 460 g/mol. The number of hydrogen-bond acceptors (Lipinski definition) is 5. The molecule has 0 radical (unpaired) electrons. The quantitative estimate of drug-likeness (QED) is 0.385. The molecule has 0 spiro atoms. The van der Waals surface area contributed by atoms with E-state index in [-0.39, 0.29) is 23.3 Å². The second kappa shape index (κ2) is 8.53. The zero-order chi connectivity index (χ0) is 20.3. The van der Waals surface area contributed by atoms with Crippen LogP contribution in [-0.4, -0.2) is 42.7 Å². The van der Waals surface area contributed by atoms with Crippen LogP contribution in [0.2, 0.25) is 0 Å². The number of methoxy groups -OCH3 is 2. The molecular formula is C20H17BrN2O4S. The first kappa shape index (κ1) is 20.0. The lowest BCUT2D eigenvalue weighted by Gasteiger charge is -2.19. The fourth-order valence-corrected chi connectivity index (χ4v) is 3.67. The Labute approximate surface area is 176 Å². The Balaban J connectivity index is 2.04. The number of halogens is 1. The van der Waals surface area contributed by atoms with Gasteiger partial charge in [-0.3, -0.25) is 14.5 Å². The van der Waals surface area contributed by atoms with Gasteiger partial charge in [0.2, 0.25) is 0 Å². The average molecular weight is 461 g/mol. The van der Waals surface area contributed by atoms with Crippen LogP contribution in [0.3, 0.4) is 0 Å². The Morgan fingerprint density at radius 3 is 2.50 bits per heavy atom. The Morgan fingerprint density at radius 1 is 1.18 bits per heavy atom. The van der Waals surface area contributed by atoms with Gasteiger partial charge in [-0.15, -0.1) is 0 Å². The summed E-state index contributed by atoms with van der Waals surface area (Å²) in [5.74, 6) is -0.133. The minimum Gasteiger partial charge on any atom is -0.496 e. The van der Waals surface area contributed by atoms with Crippen LogP contribution < -0.4 is 9.64 Å². The number of nitrogens with zero attached hydrogens (tertiary/aromatic N) is 2. The second-order valence-electron chi connectivity index (χ2n) is 5.84.